The van der Waals surface area contributed by atoms with E-state index in [0.717, 1.165) is 24.4 Å². The summed E-state index contributed by atoms with van der Waals surface area (Å²) < 4.78 is 11.5. The van der Waals surface area contributed by atoms with Crippen LogP contribution in [0.4, 0.5) is 5.88 Å². The average molecular weight is 348 g/mol. The third-order valence-corrected chi connectivity index (χ3v) is 4.66. The van der Waals surface area contributed by atoms with Gasteiger partial charge in [-0.3, -0.25) is 4.90 Å². The number of rotatable bonds is 6. The lowest BCUT2D eigenvalue weighted by molar-refractivity contribution is 0.224. The van der Waals surface area contributed by atoms with Gasteiger partial charge < -0.3 is 14.2 Å². The van der Waals surface area contributed by atoms with E-state index in [9.17, 15) is 5.26 Å². The first-order chi connectivity index (χ1) is 12.8. The van der Waals surface area contributed by atoms with Crippen molar-refractivity contribution in [3.63, 3.8) is 0 Å². The molecule has 0 bridgehead atoms. The minimum atomic E-state index is 0.101. The van der Waals surface area contributed by atoms with E-state index < -0.39 is 0 Å². The number of nitrogens with zero attached hydrogens (tertiary/aromatic N) is 3. The van der Waals surface area contributed by atoms with E-state index in [1.54, 1.807) is 6.26 Å². The van der Waals surface area contributed by atoms with Gasteiger partial charge in [-0.05, 0) is 50.2 Å². The Hall–Kier alpha value is -3.04. The summed E-state index contributed by atoms with van der Waals surface area (Å²) in [6, 6.07) is 15.7. The minimum absolute atomic E-state index is 0.101. The molecule has 6 heteroatoms. The molecule has 1 saturated heterocycles. The second kappa shape index (κ2) is 7.46. The number of nitriles is 1. The summed E-state index contributed by atoms with van der Waals surface area (Å²) in [5, 5.41) is 12.7. The summed E-state index contributed by atoms with van der Waals surface area (Å²) >= 11 is 0. The molecule has 1 N–H and O–H groups in total. The van der Waals surface area contributed by atoms with Gasteiger partial charge in [0.1, 0.15) is 11.8 Å². The Morgan fingerprint density at radius 3 is 2.65 bits per heavy atom. The molecular weight excluding hydrogens is 328 g/mol. The van der Waals surface area contributed by atoms with Crippen molar-refractivity contribution < 1.29 is 8.83 Å². The van der Waals surface area contributed by atoms with Crippen LogP contribution in [-0.2, 0) is 0 Å². The zero-order valence-corrected chi connectivity index (χ0v) is 14.4. The third-order valence-electron chi connectivity index (χ3n) is 4.66. The summed E-state index contributed by atoms with van der Waals surface area (Å²) in [4.78, 5) is 6.71. The molecule has 1 aliphatic heterocycles. The fourth-order valence-corrected chi connectivity index (χ4v) is 3.35. The van der Waals surface area contributed by atoms with Crippen molar-refractivity contribution in [2.75, 3.05) is 25.0 Å². The predicted molar refractivity (Wildman–Crippen MR) is 97.4 cm³/mol. The molecule has 0 radical (unpaired) electrons. The van der Waals surface area contributed by atoms with Crippen molar-refractivity contribution in [1.29, 1.82) is 5.26 Å². The number of anilines is 1. The maximum atomic E-state index is 9.40. The van der Waals surface area contributed by atoms with Crippen molar-refractivity contribution in [3.8, 4) is 17.5 Å². The average Bonchev–Trinajstić information content (AvgIpc) is 3.45. The van der Waals surface area contributed by atoms with Crippen molar-refractivity contribution >= 4 is 5.88 Å². The fraction of sp³-hybridized carbons (Fsp3) is 0.300. The van der Waals surface area contributed by atoms with E-state index in [2.05, 4.69) is 21.3 Å². The monoisotopic (exact) mass is 348 g/mol. The molecule has 0 amide bonds. The molecule has 1 atom stereocenters. The highest BCUT2D eigenvalue weighted by molar-refractivity contribution is 5.58. The third kappa shape index (κ3) is 3.35. The molecule has 3 aromatic rings. The van der Waals surface area contributed by atoms with Crippen LogP contribution < -0.4 is 5.32 Å². The van der Waals surface area contributed by atoms with Crippen LogP contribution in [0, 0.1) is 11.3 Å². The van der Waals surface area contributed by atoms with E-state index in [0.29, 0.717) is 18.3 Å². The Kier molecular flexibility index (Phi) is 4.71. The van der Waals surface area contributed by atoms with Gasteiger partial charge in [0.25, 0.3) is 0 Å². The van der Waals surface area contributed by atoms with Crippen LogP contribution in [0.2, 0.25) is 0 Å². The Morgan fingerprint density at radius 1 is 1.15 bits per heavy atom. The smallest absolute Gasteiger partial charge is 0.232 e. The van der Waals surface area contributed by atoms with Gasteiger partial charge in [0.05, 0.1) is 12.3 Å². The molecule has 4 rings (SSSR count). The van der Waals surface area contributed by atoms with E-state index in [1.807, 2.05) is 42.5 Å². The van der Waals surface area contributed by atoms with Crippen LogP contribution in [0.3, 0.4) is 0 Å². The first-order valence-corrected chi connectivity index (χ1v) is 8.83. The maximum Gasteiger partial charge on any atom is 0.232 e. The Balaban J connectivity index is 1.54. The molecule has 1 fully saturated rings. The number of benzene rings is 1. The molecule has 1 aromatic carbocycles. The molecular formula is C20H20N4O2. The van der Waals surface area contributed by atoms with Crippen molar-refractivity contribution in [2.45, 2.75) is 18.9 Å². The highest BCUT2D eigenvalue weighted by atomic mass is 16.4. The SMILES string of the molecule is N#Cc1nc(-c2ccccc2)oc1NCC(c1ccco1)N1CCCC1. The molecule has 1 aliphatic rings. The van der Waals surface area contributed by atoms with Gasteiger partial charge in [-0.25, -0.2) is 0 Å². The standard InChI is InChI=1S/C20H20N4O2/c21-13-16-20(26-19(23-16)15-7-2-1-3-8-15)22-14-17(18-9-6-12-25-18)24-10-4-5-11-24/h1-3,6-9,12,17,22H,4-5,10-11,14H2. The number of oxazole rings is 1. The number of hydrogen-bond donors (Lipinski definition) is 1. The van der Waals surface area contributed by atoms with Crippen LogP contribution in [0.25, 0.3) is 11.5 Å². The topological polar surface area (TPSA) is 78.2 Å². The minimum Gasteiger partial charge on any atom is -0.468 e. The van der Waals surface area contributed by atoms with Crippen LogP contribution >= 0.6 is 0 Å². The Morgan fingerprint density at radius 2 is 1.96 bits per heavy atom. The van der Waals surface area contributed by atoms with Crippen molar-refractivity contribution in [2.24, 2.45) is 0 Å². The molecule has 132 valence electrons. The zero-order valence-electron chi connectivity index (χ0n) is 14.4. The second-order valence-electron chi connectivity index (χ2n) is 6.33. The quantitative estimate of drug-likeness (QED) is 0.724. The lowest BCUT2D eigenvalue weighted by Crippen LogP contribution is -2.30. The molecule has 0 aliphatic carbocycles. The van der Waals surface area contributed by atoms with Crippen LogP contribution in [0.15, 0.2) is 57.6 Å². The molecule has 3 heterocycles. The van der Waals surface area contributed by atoms with Gasteiger partial charge in [0, 0.05) is 12.1 Å². The predicted octanol–water partition coefficient (Wildman–Crippen LogP) is 4.06. The highest BCUT2D eigenvalue weighted by Crippen LogP contribution is 2.29. The molecule has 0 spiro atoms. The largest absolute Gasteiger partial charge is 0.468 e. The van der Waals surface area contributed by atoms with Crippen LogP contribution in [-0.4, -0.2) is 29.5 Å². The lowest BCUT2D eigenvalue weighted by atomic mass is 10.2. The van der Waals surface area contributed by atoms with Gasteiger partial charge in [-0.1, -0.05) is 18.2 Å². The summed E-state index contributed by atoms with van der Waals surface area (Å²) in [5.74, 6) is 1.77. The van der Waals surface area contributed by atoms with Gasteiger partial charge in [-0.15, -0.1) is 0 Å². The van der Waals surface area contributed by atoms with Crippen LogP contribution in [0.1, 0.15) is 30.3 Å². The summed E-state index contributed by atoms with van der Waals surface area (Å²) in [7, 11) is 0. The van der Waals surface area contributed by atoms with Gasteiger partial charge >= 0.3 is 0 Å². The lowest BCUT2D eigenvalue weighted by Gasteiger charge is -2.25. The summed E-state index contributed by atoms with van der Waals surface area (Å²) in [6.45, 7) is 2.68. The first-order valence-electron chi connectivity index (χ1n) is 8.83. The zero-order chi connectivity index (χ0) is 17.8. The van der Waals surface area contributed by atoms with Gasteiger partial charge in [-0.2, -0.15) is 10.2 Å². The van der Waals surface area contributed by atoms with Crippen molar-refractivity contribution in [1.82, 2.24) is 9.88 Å². The molecule has 0 saturated carbocycles. The maximum absolute atomic E-state index is 9.40. The molecule has 26 heavy (non-hydrogen) atoms. The second-order valence-corrected chi connectivity index (χ2v) is 6.33. The van der Waals surface area contributed by atoms with E-state index in [-0.39, 0.29) is 11.7 Å². The normalized spacial score (nSPS) is 15.7. The number of furan rings is 1. The number of likely N-dealkylation sites (tertiary alicyclic amines) is 1. The van der Waals surface area contributed by atoms with Gasteiger partial charge in [0.2, 0.25) is 17.5 Å². The van der Waals surface area contributed by atoms with E-state index >= 15 is 0 Å². The van der Waals surface area contributed by atoms with Crippen molar-refractivity contribution in [3.05, 3.63) is 60.2 Å². The van der Waals surface area contributed by atoms with E-state index in [1.165, 1.54) is 12.8 Å². The Labute approximate surface area is 152 Å². The first kappa shape index (κ1) is 16.4. The van der Waals surface area contributed by atoms with Crippen LogP contribution in [0.5, 0.6) is 0 Å². The number of hydrogen-bond acceptors (Lipinski definition) is 6. The number of aromatic nitrogens is 1. The Bertz CT molecular complexity index is 874. The summed E-state index contributed by atoms with van der Waals surface area (Å²) in [5.41, 5.74) is 1.11. The summed E-state index contributed by atoms with van der Waals surface area (Å²) in [6.07, 6.45) is 4.09. The molecule has 2 aromatic heterocycles. The fourth-order valence-electron chi connectivity index (χ4n) is 3.35. The van der Waals surface area contributed by atoms with Gasteiger partial charge in [0.15, 0.2) is 0 Å². The number of nitrogens with one attached hydrogen (secondary N) is 1. The van der Waals surface area contributed by atoms with E-state index in [4.69, 9.17) is 8.83 Å². The molecule has 6 nitrogen and oxygen atoms in total. The molecule has 1 unspecified atom stereocenters. The highest BCUT2D eigenvalue weighted by Gasteiger charge is 2.26.